The second-order valence-corrected chi connectivity index (χ2v) is 9.34. The minimum absolute atomic E-state index is 0.268. The molecule has 3 heterocycles. The van der Waals surface area contributed by atoms with E-state index in [9.17, 15) is 8.42 Å². The quantitative estimate of drug-likeness (QED) is 0.349. The lowest BCUT2D eigenvalue weighted by Gasteiger charge is -2.18. The van der Waals surface area contributed by atoms with Crippen molar-refractivity contribution in [3.05, 3.63) is 36.8 Å². The zero-order valence-corrected chi connectivity index (χ0v) is 17.9. The van der Waals surface area contributed by atoms with Crippen LogP contribution in [0.1, 0.15) is 33.1 Å². The van der Waals surface area contributed by atoms with Gasteiger partial charge in [-0.2, -0.15) is 9.40 Å². The number of aromatic nitrogens is 5. The van der Waals surface area contributed by atoms with E-state index in [1.54, 1.807) is 40.7 Å². The molecule has 0 aliphatic carbocycles. The van der Waals surface area contributed by atoms with Gasteiger partial charge >= 0.3 is 0 Å². The number of pyridine rings is 1. The van der Waals surface area contributed by atoms with Gasteiger partial charge in [-0.15, -0.1) is 10.2 Å². The molecule has 0 bridgehead atoms. The Morgan fingerprint density at radius 3 is 2.64 bits per heavy atom. The van der Waals surface area contributed by atoms with Crippen molar-refractivity contribution in [2.24, 2.45) is 0 Å². The summed E-state index contributed by atoms with van der Waals surface area (Å²) in [7, 11) is -3.50. The third-order valence-electron chi connectivity index (χ3n) is 4.51. The summed E-state index contributed by atoms with van der Waals surface area (Å²) in [5.74, 6) is 0.910. The fourth-order valence-electron chi connectivity index (χ4n) is 2.96. The van der Waals surface area contributed by atoms with Crippen LogP contribution in [-0.2, 0) is 16.6 Å². The minimum atomic E-state index is -3.50. The molecule has 8 nitrogen and oxygen atoms in total. The van der Waals surface area contributed by atoms with Gasteiger partial charge in [0.2, 0.25) is 10.0 Å². The largest absolute Gasteiger partial charge is 0.276 e. The fourth-order valence-corrected chi connectivity index (χ4v) is 5.33. The van der Waals surface area contributed by atoms with E-state index in [1.807, 2.05) is 30.8 Å². The van der Waals surface area contributed by atoms with Crippen molar-refractivity contribution in [1.82, 2.24) is 28.7 Å². The normalized spacial score (nSPS) is 12.2. The van der Waals surface area contributed by atoms with Crippen LogP contribution in [0.2, 0.25) is 0 Å². The Kier molecular flexibility index (Phi) is 7.08. The molecule has 0 aromatic carbocycles. The first kappa shape index (κ1) is 20.8. The van der Waals surface area contributed by atoms with Gasteiger partial charge < -0.3 is 0 Å². The van der Waals surface area contributed by atoms with E-state index in [0.717, 1.165) is 36.7 Å². The Morgan fingerprint density at radius 2 is 1.93 bits per heavy atom. The highest BCUT2D eigenvalue weighted by atomic mass is 32.2. The van der Waals surface area contributed by atoms with Crippen LogP contribution >= 0.6 is 11.8 Å². The van der Waals surface area contributed by atoms with Crippen LogP contribution in [0.5, 0.6) is 0 Å². The van der Waals surface area contributed by atoms with Gasteiger partial charge in [0.25, 0.3) is 0 Å². The second-order valence-electron chi connectivity index (χ2n) is 6.34. The first-order valence-corrected chi connectivity index (χ1v) is 11.9. The molecule has 0 unspecified atom stereocenters. The Morgan fingerprint density at radius 1 is 1.11 bits per heavy atom. The summed E-state index contributed by atoms with van der Waals surface area (Å²) in [6.07, 6.45) is 8.63. The van der Waals surface area contributed by atoms with E-state index in [-0.39, 0.29) is 4.90 Å². The summed E-state index contributed by atoms with van der Waals surface area (Å²) >= 11 is 1.60. The minimum Gasteiger partial charge on any atom is -0.276 e. The smallest absolute Gasteiger partial charge is 0.244 e. The zero-order valence-electron chi connectivity index (χ0n) is 16.2. The molecule has 0 radical (unpaired) electrons. The number of unbranched alkanes of at least 4 members (excludes halogenated alkanes) is 2. The third-order valence-corrected chi connectivity index (χ3v) is 7.57. The highest BCUT2D eigenvalue weighted by Crippen LogP contribution is 2.22. The highest BCUT2D eigenvalue weighted by Gasteiger charge is 2.22. The molecule has 10 heteroatoms. The Labute approximate surface area is 170 Å². The summed E-state index contributed by atoms with van der Waals surface area (Å²) in [6.45, 7) is 5.49. The number of aryl methyl sites for hydroxylation is 1. The molecule has 0 atom stereocenters. The van der Waals surface area contributed by atoms with Gasteiger partial charge in [-0.25, -0.2) is 8.42 Å². The molecule has 0 amide bonds. The molecular formula is C18H26N6O2S2. The maximum atomic E-state index is 12.8. The molecule has 0 spiro atoms. The van der Waals surface area contributed by atoms with Gasteiger partial charge in [0.1, 0.15) is 0 Å². The molecule has 3 rings (SSSR count). The van der Waals surface area contributed by atoms with Gasteiger partial charge in [-0.3, -0.25) is 9.08 Å². The molecule has 0 saturated carbocycles. The molecule has 28 heavy (non-hydrogen) atoms. The molecule has 152 valence electrons. The highest BCUT2D eigenvalue weighted by molar-refractivity contribution is 7.99. The lowest BCUT2D eigenvalue weighted by atomic mass is 10.2. The molecule has 3 aromatic heterocycles. The lowest BCUT2D eigenvalue weighted by Crippen LogP contribution is -2.30. The topological polar surface area (TPSA) is 85.4 Å². The van der Waals surface area contributed by atoms with Crippen molar-refractivity contribution in [3.8, 4) is 0 Å². The number of hydrogen-bond acceptors (Lipinski definition) is 6. The van der Waals surface area contributed by atoms with Gasteiger partial charge in [-0.1, -0.05) is 32.0 Å². The first-order valence-electron chi connectivity index (χ1n) is 9.51. The molecule has 0 aliphatic heterocycles. The maximum absolute atomic E-state index is 12.8. The van der Waals surface area contributed by atoms with Crippen molar-refractivity contribution in [1.29, 1.82) is 0 Å². The standard InChI is InChI=1S/C18H26N6O2S2/c1-3-23(4-2)28(25,26)16-9-10-17-20-21-18(24(17)15-16)27-14-7-5-6-12-22-13-8-11-19-22/h8-11,13,15H,3-7,12,14H2,1-2H3. The van der Waals surface area contributed by atoms with Crippen LogP contribution in [0.15, 0.2) is 46.8 Å². The van der Waals surface area contributed by atoms with Crippen LogP contribution in [0.3, 0.4) is 0 Å². The van der Waals surface area contributed by atoms with Gasteiger partial charge in [-0.05, 0) is 31.0 Å². The molecule has 0 aliphatic rings. The van der Waals surface area contributed by atoms with Crippen molar-refractivity contribution < 1.29 is 8.42 Å². The molecule has 0 N–H and O–H groups in total. The Balaban J connectivity index is 1.61. The van der Waals surface area contributed by atoms with Crippen LogP contribution in [0.25, 0.3) is 5.65 Å². The SMILES string of the molecule is CCN(CC)S(=O)(=O)c1ccc2nnc(SCCCCCn3cccn3)n2c1. The summed E-state index contributed by atoms with van der Waals surface area (Å²) in [4.78, 5) is 0.268. The number of rotatable bonds is 11. The first-order chi connectivity index (χ1) is 13.6. The van der Waals surface area contributed by atoms with Crippen molar-refractivity contribution in [2.45, 2.75) is 49.7 Å². The molecule has 3 aromatic rings. The summed E-state index contributed by atoms with van der Waals surface area (Å²) in [5.41, 5.74) is 0.652. The predicted octanol–water partition coefficient (Wildman–Crippen LogP) is 2.92. The van der Waals surface area contributed by atoms with Crippen LogP contribution in [0.4, 0.5) is 0 Å². The van der Waals surface area contributed by atoms with Gasteiger partial charge in [0.05, 0.1) is 4.90 Å². The van der Waals surface area contributed by atoms with Crippen LogP contribution in [0, 0.1) is 0 Å². The molecule has 0 fully saturated rings. The van der Waals surface area contributed by atoms with Gasteiger partial charge in [0.15, 0.2) is 10.8 Å². The van der Waals surface area contributed by atoms with Gasteiger partial charge in [0, 0.05) is 44.0 Å². The maximum Gasteiger partial charge on any atom is 0.244 e. The predicted molar refractivity (Wildman–Crippen MR) is 110 cm³/mol. The number of hydrogen-bond donors (Lipinski definition) is 0. The van der Waals surface area contributed by atoms with Crippen molar-refractivity contribution in [2.75, 3.05) is 18.8 Å². The fraction of sp³-hybridized carbons (Fsp3) is 0.500. The zero-order chi connectivity index (χ0) is 20.0. The Bertz CT molecular complexity index is 981. The second kappa shape index (κ2) is 9.53. The number of thioether (sulfide) groups is 1. The molecular weight excluding hydrogens is 396 g/mol. The number of sulfonamides is 1. The third kappa shape index (κ3) is 4.73. The lowest BCUT2D eigenvalue weighted by molar-refractivity contribution is 0.445. The van der Waals surface area contributed by atoms with Crippen LogP contribution in [-0.4, -0.2) is 55.9 Å². The van der Waals surface area contributed by atoms with E-state index in [0.29, 0.717) is 18.7 Å². The summed E-state index contributed by atoms with van der Waals surface area (Å²) < 4.78 is 30.7. The average molecular weight is 423 g/mol. The summed E-state index contributed by atoms with van der Waals surface area (Å²) in [5, 5.41) is 13.3. The van der Waals surface area contributed by atoms with E-state index < -0.39 is 10.0 Å². The number of fused-ring (bicyclic) bond motifs is 1. The van der Waals surface area contributed by atoms with E-state index >= 15 is 0 Å². The monoisotopic (exact) mass is 422 g/mol. The molecule has 0 saturated heterocycles. The van der Waals surface area contributed by atoms with E-state index in [4.69, 9.17) is 0 Å². The Hall–Kier alpha value is -1.91. The van der Waals surface area contributed by atoms with E-state index in [2.05, 4.69) is 15.3 Å². The number of nitrogens with zero attached hydrogens (tertiary/aromatic N) is 6. The van der Waals surface area contributed by atoms with Crippen molar-refractivity contribution in [3.63, 3.8) is 0 Å². The summed E-state index contributed by atoms with van der Waals surface area (Å²) in [6, 6.07) is 5.24. The average Bonchev–Trinajstić information content (AvgIpc) is 3.35. The van der Waals surface area contributed by atoms with E-state index in [1.165, 1.54) is 4.31 Å². The van der Waals surface area contributed by atoms with Crippen LogP contribution < -0.4 is 0 Å². The van der Waals surface area contributed by atoms with Crippen molar-refractivity contribution >= 4 is 27.4 Å².